The standard InChI is InChI=1S/C19H24N4O/c1-2-5-15(6-3-1)7-10-23-12-17-16(14-24-18(17)13-23)11-22-19-20-8-4-9-21-19/h1-6,8-9,16-18H,7,10-14H2,(H,20,21,22)/t16-,17-,18-/m1/s1. The minimum absolute atomic E-state index is 0.393. The van der Waals surface area contributed by atoms with Crippen molar-refractivity contribution in [2.45, 2.75) is 12.5 Å². The molecule has 1 aromatic heterocycles. The van der Waals surface area contributed by atoms with E-state index < -0.39 is 0 Å². The molecule has 2 fully saturated rings. The molecule has 0 amide bonds. The first-order valence-corrected chi connectivity index (χ1v) is 8.77. The highest BCUT2D eigenvalue weighted by Gasteiger charge is 2.43. The molecule has 2 aromatic rings. The number of nitrogens with zero attached hydrogens (tertiary/aromatic N) is 3. The Balaban J connectivity index is 1.27. The predicted octanol–water partition coefficient (Wildman–Crippen LogP) is 2.08. The second-order valence-electron chi connectivity index (χ2n) is 6.74. The van der Waals surface area contributed by atoms with Crippen LogP contribution in [0.25, 0.3) is 0 Å². The van der Waals surface area contributed by atoms with Crippen LogP contribution in [-0.2, 0) is 11.2 Å². The quantitative estimate of drug-likeness (QED) is 0.882. The summed E-state index contributed by atoms with van der Waals surface area (Å²) in [6.45, 7) is 5.05. The van der Waals surface area contributed by atoms with Crippen molar-refractivity contribution >= 4 is 5.95 Å². The van der Waals surface area contributed by atoms with E-state index in [4.69, 9.17) is 4.74 Å². The van der Waals surface area contributed by atoms with Crippen molar-refractivity contribution < 1.29 is 4.74 Å². The topological polar surface area (TPSA) is 50.3 Å². The van der Waals surface area contributed by atoms with Crippen LogP contribution in [0.1, 0.15) is 5.56 Å². The Morgan fingerprint density at radius 2 is 1.92 bits per heavy atom. The van der Waals surface area contributed by atoms with Gasteiger partial charge in [-0.1, -0.05) is 30.3 Å². The van der Waals surface area contributed by atoms with Crippen molar-refractivity contribution in [2.75, 3.05) is 38.1 Å². The molecule has 2 aliphatic rings. The van der Waals surface area contributed by atoms with Gasteiger partial charge in [-0.15, -0.1) is 0 Å². The first kappa shape index (κ1) is 15.5. The molecule has 0 radical (unpaired) electrons. The molecule has 0 unspecified atom stereocenters. The molecule has 126 valence electrons. The van der Waals surface area contributed by atoms with Crippen molar-refractivity contribution in [1.82, 2.24) is 14.9 Å². The fourth-order valence-electron chi connectivity index (χ4n) is 3.82. The highest BCUT2D eigenvalue weighted by Crippen LogP contribution is 2.33. The minimum atomic E-state index is 0.393. The van der Waals surface area contributed by atoms with E-state index in [2.05, 4.69) is 50.5 Å². The lowest BCUT2D eigenvalue weighted by molar-refractivity contribution is 0.0958. The molecule has 0 bridgehead atoms. The molecule has 0 aliphatic carbocycles. The predicted molar refractivity (Wildman–Crippen MR) is 93.8 cm³/mol. The number of hydrogen-bond acceptors (Lipinski definition) is 5. The van der Waals surface area contributed by atoms with Crippen LogP contribution in [0, 0.1) is 11.8 Å². The third kappa shape index (κ3) is 3.57. The van der Waals surface area contributed by atoms with Gasteiger partial charge in [0, 0.05) is 50.4 Å². The third-order valence-corrected chi connectivity index (χ3v) is 5.16. The summed E-state index contributed by atoms with van der Waals surface area (Å²) in [7, 11) is 0. The Bertz CT molecular complexity index is 636. The molecule has 24 heavy (non-hydrogen) atoms. The summed E-state index contributed by atoms with van der Waals surface area (Å²) in [6, 6.07) is 12.6. The van der Waals surface area contributed by atoms with Crippen LogP contribution in [0.2, 0.25) is 0 Å². The molecule has 2 aliphatic heterocycles. The van der Waals surface area contributed by atoms with Gasteiger partial charge in [-0.2, -0.15) is 0 Å². The van der Waals surface area contributed by atoms with E-state index >= 15 is 0 Å². The van der Waals surface area contributed by atoms with Crippen molar-refractivity contribution in [3.63, 3.8) is 0 Å². The maximum absolute atomic E-state index is 6.04. The van der Waals surface area contributed by atoms with Crippen molar-refractivity contribution in [1.29, 1.82) is 0 Å². The van der Waals surface area contributed by atoms with Crippen LogP contribution in [0.5, 0.6) is 0 Å². The maximum atomic E-state index is 6.04. The summed E-state index contributed by atoms with van der Waals surface area (Å²) < 4.78 is 6.04. The number of hydrogen-bond donors (Lipinski definition) is 1. The Kier molecular flexibility index (Phi) is 4.71. The molecule has 1 aromatic carbocycles. The second-order valence-corrected chi connectivity index (χ2v) is 6.74. The van der Waals surface area contributed by atoms with E-state index in [9.17, 15) is 0 Å². The average molecular weight is 324 g/mol. The number of benzene rings is 1. The monoisotopic (exact) mass is 324 g/mol. The highest BCUT2D eigenvalue weighted by molar-refractivity contribution is 5.22. The molecule has 0 spiro atoms. The number of rotatable bonds is 6. The SMILES string of the molecule is c1ccc(CCN2C[C@@H]3[C@H](CNc4ncccn4)CO[C@@H]3C2)cc1. The molecular weight excluding hydrogens is 300 g/mol. The molecule has 5 heteroatoms. The molecule has 1 N–H and O–H groups in total. The number of aromatic nitrogens is 2. The van der Waals surface area contributed by atoms with Gasteiger partial charge >= 0.3 is 0 Å². The molecule has 4 rings (SSSR count). The first-order valence-electron chi connectivity index (χ1n) is 8.77. The molecule has 0 saturated carbocycles. The number of nitrogens with one attached hydrogen (secondary N) is 1. The number of anilines is 1. The Hall–Kier alpha value is -1.98. The van der Waals surface area contributed by atoms with Crippen molar-refractivity contribution in [2.24, 2.45) is 11.8 Å². The summed E-state index contributed by atoms with van der Waals surface area (Å²) in [6.07, 6.45) is 5.04. The fraction of sp³-hybridized carbons (Fsp3) is 0.474. The average Bonchev–Trinajstić information content (AvgIpc) is 3.20. The molecule has 3 atom stereocenters. The van der Waals surface area contributed by atoms with Gasteiger partial charge in [-0.25, -0.2) is 9.97 Å². The van der Waals surface area contributed by atoms with Crippen LogP contribution in [-0.4, -0.2) is 53.8 Å². The number of ether oxygens (including phenoxy) is 1. The Morgan fingerprint density at radius 3 is 2.75 bits per heavy atom. The zero-order valence-electron chi connectivity index (χ0n) is 13.8. The van der Waals surface area contributed by atoms with E-state index in [0.717, 1.165) is 39.2 Å². The summed E-state index contributed by atoms with van der Waals surface area (Å²) >= 11 is 0. The summed E-state index contributed by atoms with van der Waals surface area (Å²) in [5.74, 6) is 1.87. The summed E-state index contributed by atoms with van der Waals surface area (Å²) in [5.41, 5.74) is 1.41. The van der Waals surface area contributed by atoms with Crippen molar-refractivity contribution in [3.8, 4) is 0 Å². The molecule has 5 nitrogen and oxygen atoms in total. The van der Waals surface area contributed by atoms with Crippen LogP contribution in [0.3, 0.4) is 0 Å². The van der Waals surface area contributed by atoms with E-state index in [1.807, 2.05) is 6.07 Å². The minimum Gasteiger partial charge on any atom is -0.376 e. The van der Waals surface area contributed by atoms with E-state index in [-0.39, 0.29) is 0 Å². The number of likely N-dealkylation sites (tertiary alicyclic amines) is 1. The highest BCUT2D eigenvalue weighted by atomic mass is 16.5. The van der Waals surface area contributed by atoms with Gasteiger partial charge in [0.25, 0.3) is 0 Å². The van der Waals surface area contributed by atoms with Gasteiger partial charge in [-0.3, -0.25) is 0 Å². The molecule has 3 heterocycles. The van der Waals surface area contributed by atoms with Gasteiger partial charge in [0.15, 0.2) is 0 Å². The van der Waals surface area contributed by atoms with E-state index in [1.54, 1.807) is 12.4 Å². The lowest BCUT2D eigenvalue weighted by atomic mass is 9.93. The summed E-state index contributed by atoms with van der Waals surface area (Å²) in [4.78, 5) is 11.0. The Morgan fingerprint density at radius 1 is 1.08 bits per heavy atom. The maximum Gasteiger partial charge on any atom is 0.222 e. The van der Waals surface area contributed by atoms with Gasteiger partial charge < -0.3 is 15.0 Å². The van der Waals surface area contributed by atoms with E-state index in [1.165, 1.54) is 5.56 Å². The van der Waals surface area contributed by atoms with Gasteiger partial charge in [0.2, 0.25) is 5.95 Å². The number of fused-ring (bicyclic) bond motifs is 1. The lowest BCUT2D eigenvalue weighted by Crippen LogP contribution is -2.29. The largest absolute Gasteiger partial charge is 0.376 e. The summed E-state index contributed by atoms with van der Waals surface area (Å²) in [5, 5.41) is 3.35. The molecule has 2 saturated heterocycles. The van der Waals surface area contributed by atoms with Gasteiger partial charge in [0.1, 0.15) is 0 Å². The van der Waals surface area contributed by atoms with Gasteiger partial charge in [-0.05, 0) is 18.1 Å². The van der Waals surface area contributed by atoms with Crippen LogP contribution >= 0.6 is 0 Å². The Labute approximate surface area is 143 Å². The fourth-order valence-corrected chi connectivity index (χ4v) is 3.82. The lowest BCUT2D eigenvalue weighted by Gasteiger charge is -2.20. The van der Waals surface area contributed by atoms with E-state index in [0.29, 0.717) is 23.9 Å². The van der Waals surface area contributed by atoms with Crippen molar-refractivity contribution in [3.05, 3.63) is 54.4 Å². The second kappa shape index (κ2) is 7.28. The van der Waals surface area contributed by atoms with Gasteiger partial charge in [0.05, 0.1) is 12.7 Å². The van der Waals surface area contributed by atoms with Crippen LogP contribution in [0.15, 0.2) is 48.8 Å². The normalized spacial score (nSPS) is 26.4. The zero-order valence-corrected chi connectivity index (χ0v) is 13.8. The first-order chi connectivity index (χ1) is 11.9. The zero-order chi connectivity index (χ0) is 16.2. The third-order valence-electron chi connectivity index (χ3n) is 5.16. The van der Waals surface area contributed by atoms with Crippen LogP contribution in [0.4, 0.5) is 5.95 Å². The molecular formula is C19H24N4O. The van der Waals surface area contributed by atoms with Crippen LogP contribution < -0.4 is 5.32 Å². The smallest absolute Gasteiger partial charge is 0.222 e.